The third kappa shape index (κ3) is 4.39. The highest BCUT2D eigenvalue weighted by Crippen LogP contribution is 2.27. The van der Waals surface area contributed by atoms with Crippen molar-refractivity contribution >= 4 is 23.0 Å². The van der Waals surface area contributed by atoms with Crippen LogP contribution in [-0.4, -0.2) is 18.3 Å². The molecule has 0 aliphatic carbocycles. The van der Waals surface area contributed by atoms with E-state index in [1.807, 2.05) is 19.1 Å². The average molecular weight is 271 g/mol. The number of aliphatic hydroxyl groups is 1. The van der Waals surface area contributed by atoms with Gasteiger partial charge in [-0.25, -0.2) is 0 Å². The minimum absolute atomic E-state index is 0.244. The van der Waals surface area contributed by atoms with E-state index in [1.165, 1.54) is 0 Å². The molecule has 0 aliphatic rings. The second-order valence-corrected chi connectivity index (χ2v) is 5.14. The molecule has 102 valence electrons. The molecule has 0 saturated carbocycles. The summed E-state index contributed by atoms with van der Waals surface area (Å²) in [5, 5.41) is 13.0. The van der Waals surface area contributed by atoms with Crippen molar-refractivity contribution in [3.8, 4) is 0 Å². The molecule has 1 unspecified atom stereocenters. The van der Waals surface area contributed by atoms with Crippen LogP contribution < -0.4 is 11.1 Å². The second kappa shape index (κ2) is 7.49. The molecule has 18 heavy (non-hydrogen) atoms. The van der Waals surface area contributed by atoms with Crippen LogP contribution in [0.2, 0.25) is 5.02 Å². The SMILES string of the molecule is CCCC(CCO)CNc1cc(Cl)c(N)cc1C. The molecule has 1 aromatic carbocycles. The number of nitrogens with one attached hydrogen (secondary N) is 1. The van der Waals surface area contributed by atoms with Gasteiger partial charge in [0.1, 0.15) is 0 Å². The average Bonchev–Trinajstić information content (AvgIpc) is 2.32. The first-order valence-corrected chi connectivity index (χ1v) is 6.86. The highest BCUT2D eigenvalue weighted by molar-refractivity contribution is 6.33. The first-order chi connectivity index (χ1) is 8.58. The van der Waals surface area contributed by atoms with Crippen LogP contribution in [0.4, 0.5) is 11.4 Å². The lowest BCUT2D eigenvalue weighted by Crippen LogP contribution is -2.16. The van der Waals surface area contributed by atoms with Crippen molar-refractivity contribution in [2.24, 2.45) is 5.92 Å². The number of aryl methyl sites for hydroxylation is 1. The van der Waals surface area contributed by atoms with Crippen LogP contribution in [0.25, 0.3) is 0 Å². The van der Waals surface area contributed by atoms with Gasteiger partial charge in [-0.15, -0.1) is 0 Å². The van der Waals surface area contributed by atoms with Crippen LogP contribution in [0.1, 0.15) is 31.7 Å². The summed E-state index contributed by atoms with van der Waals surface area (Å²) in [5.74, 6) is 0.496. The molecule has 0 aliphatic heterocycles. The maximum absolute atomic E-state index is 9.03. The predicted octanol–water partition coefficient (Wildman–Crippen LogP) is 3.44. The minimum atomic E-state index is 0.244. The van der Waals surface area contributed by atoms with E-state index in [0.717, 1.165) is 37.1 Å². The summed E-state index contributed by atoms with van der Waals surface area (Å²) >= 11 is 6.02. The van der Waals surface area contributed by atoms with Gasteiger partial charge in [-0.1, -0.05) is 24.9 Å². The molecule has 3 nitrogen and oxygen atoms in total. The van der Waals surface area contributed by atoms with Crippen molar-refractivity contribution in [2.45, 2.75) is 33.1 Å². The summed E-state index contributed by atoms with van der Waals surface area (Å²) < 4.78 is 0. The van der Waals surface area contributed by atoms with E-state index in [2.05, 4.69) is 12.2 Å². The molecule has 0 radical (unpaired) electrons. The summed E-state index contributed by atoms with van der Waals surface area (Å²) in [6, 6.07) is 3.75. The summed E-state index contributed by atoms with van der Waals surface area (Å²) in [6.07, 6.45) is 3.09. The Morgan fingerprint density at radius 2 is 2.11 bits per heavy atom. The van der Waals surface area contributed by atoms with Gasteiger partial charge in [0.2, 0.25) is 0 Å². The van der Waals surface area contributed by atoms with Gasteiger partial charge in [0.25, 0.3) is 0 Å². The lowest BCUT2D eigenvalue weighted by atomic mass is 10.00. The van der Waals surface area contributed by atoms with Gasteiger partial charge in [-0.05, 0) is 43.4 Å². The molecule has 0 heterocycles. The Hall–Kier alpha value is -0.930. The molecule has 1 aromatic rings. The lowest BCUT2D eigenvalue weighted by molar-refractivity contribution is 0.255. The molecule has 1 atom stereocenters. The van der Waals surface area contributed by atoms with Crippen LogP contribution in [0, 0.1) is 12.8 Å². The topological polar surface area (TPSA) is 58.3 Å². The van der Waals surface area contributed by atoms with E-state index in [1.54, 1.807) is 0 Å². The van der Waals surface area contributed by atoms with E-state index in [0.29, 0.717) is 16.6 Å². The molecule has 0 bridgehead atoms. The number of anilines is 2. The predicted molar refractivity (Wildman–Crippen MR) is 79.2 cm³/mol. The molecule has 0 saturated heterocycles. The van der Waals surface area contributed by atoms with E-state index in [9.17, 15) is 0 Å². The van der Waals surface area contributed by atoms with Gasteiger partial charge in [0.05, 0.1) is 10.7 Å². The molecule has 1 rings (SSSR count). The van der Waals surface area contributed by atoms with E-state index in [4.69, 9.17) is 22.4 Å². The van der Waals surface area contributed by atoms with Crippen LogP contribution in [0.3, 0.4) is 0 Å². The fourth-order valence-corrected chi connectivity index (χ4v) is 2.25. The Morgan fingerprint density at radius 3 is 2.72 bits per heavy atom. The second-order valence-electron chi connectivity index (χ2n) is 4.74. The zero-order valence-corrected chi connectivity index (χ0v) is 11.9. The first-order valence-electron chi connectivity index (χ1n) is 6.48. The van der Waals surface area contributed by atoms with Crippen LogP contribution in [0.5, 0.6) is 0 Å². The van der Waals surface area contributed by atoms with Crippen LogP contribution in [0.15, 0.2) is 12.1 Å². The van der Waals surface area contributed by atoms with Crippen molar-refractivity contribution in [3.05, 3.63) is 22.7 Å². The van der Waals surface area contributed by atoms with E-state index >= 15 is 0 Å². The molecule has 0 aromatic heterocycles. The Bertz CT molecular complexity index is 376. The molecule has 0 spiro atoms. The number of nitrogen functional groups attached to an aromatic ring is 1. The first kappa shape index (κ1) is 15.1. The minimum Gasteiger partial charge on any atom is -0.398 e. The van der Waals surface area contributed by atoms with Gasteiger partial charge in [-0.2, -0.15) is 0 Å². The van der Waals surface area contributed by atoms with Crippen LogP contribution in [-0.2, 0) is 0 Å². The fourth-order valence-electron chi connectivity index (χ4n) is 2.09. The van der Waals surface area contributed by atoms with E-state index < -0.39 is 0 Å². The summed E-state index contributed by atoms with van der Waals surface area (Å²) in [7, 11) is 0. The van der Waals surface area contributed by atoms with Crippen LogP contribution >= 0.6 is 11.6 Å². The highest BCUT2D eigenvalue weighted by Gasteiger charge is 2.09. The zero-order chi connectivity index (χ0) is 13.5. The number of halogens is 1. The quantitative estimate of drug-likeness (QED) is 0.665. The molecular formula is C14H23ClN2O. The number of benzene rings is 1. The summed E-state index contributed by atoms with van der Waals surface area (Å²) in [5.41, 5.74) is 8.47. The maximum Gasteiger partial charge on any atom is 0.0656 e. The number of nitrogens with two attached hydrogens (primary N) is 1. The maximum atomic E-state index is 9.03. The summed E-state index contributed by atoms with van der Waals surface area (Å²) in [6.45, 7) is 5.27. The van der Waals surface area contributed by atoms with Crippen molar-refractivity contribution in [1.29, 1.82) is 0 Å². The van der Waals surface area contributed by atoms with Gasteiger partial charge in [0, 0.05) is 18.8 Å². The number of hydrogen-bond donors (Lipinski definition) is 3. The summed E-state index contributed by atoms with van der Waals surface area (Å²) in [4.78, 5) is 0. The van der Waals surface area contributed by atoms with Gasteiger partial charge >= 0.3 is 0 Å². The normalized spacial score (nSPS) is 12.4. The Balaban J connectivity index is 2.64. The smallest absolute Gasteiger partial charge is 0.0656 e. The lowest BCUT2D eigenvalue weighted by Gasteiger charge is -2.18. The van der Waals surface area contributed by atoms with Gasteiger partial charge < -0.3 is 16.2 Å². The standard InChI is InChI=1S/C14H23ClN2O/c1-3-4-11(5-6-18)9-17-14-8-12(15)13(16)7-10(14)2/h7-8,11,17-18H,3-6,9,16H2,1-2H3. The van der Waals surface area contributed by atoms with Crippen molar-refractivity contribution in [1.82, 2.24) is 0 Å². The third-order valence-electron chi connectivity index (χ3n) is 3.16. The number of rotatable bonds is 7. The van der Waals surface area contributed by atoms with Gasteiger partial charge in [0.15, 0.2) is 0 Å². The fraction of sp³-hybridized carbons (Fsp3) is 0.571. The molecule has 4 N–H and O–H groups in total. The van der Waals surface area contributed by atoms with Crippen molar-refractivity contribution < 1.29 is 5.11 Å². The monoisotopic (exact) mass is 270 g/mol. The number of aliphatic hydroxyl groups excluding tert-OH is 1. The molecule has 0 fully saturated rings. The van der Waals surface area contributed by atoms with E-state index in [-0.39, 0.29) is 6.61 Å². The Kier molecular flexibility index (Phi) is 6.30. The molecular weight excluding hydrogens is 248 g/mol. The molecule has 0 amide bonds. The number of hydrogen-bond acceptors (Lipinski definition) is 3. The van der Waals surface area contributed by atoms with Gasteiger partial charge in [-0.3, -0.25) is 0 Å². The third-order valence-corrected chi connectivity index (χ3v) is 3.49. The zero-order valence-electron chi connectivity index (χ0n) is 11.2. The van der Waals surface area contributed by atoms with Crippen molar-refractivity contribution in [3.63, 3.8) is 0 Å². The van der Waals surface area contributed by atoms with Crippen molar-refractivity contribution in [2.75, 3.05) is 24.2 Å². The molecule has 4 heteroatoms. The largest absolute Gasteiger partial charge is 0.398 e. The Labute approximate surface area is 114 Å². The Morgan fingerprint density at radius 1 is 1.39 bits per heavy atom. The highest BCUT2D eigenvalue weighted by atomic mass is 35.5.